The monoisotopic (exact) mass is 303 g/mol. The highest BCUT2D eigenvalue weighted by molar-refractivity contribution is 6.42. The Kier molecular flexibility index (Phi) is 5.63. The van der Waals surface area contributed by atoms with Gasteiger partial charge < -0.3 is 10.0 Å². The molecule has 0 bridgehead atoms. The molecule has 6 heteroatoms. The molecule has 0 heterocycles. The maximum absolute atomic E-state index is 12.1. The van der Waals surface area contributed by atoms with Crippen LogP contribution in [0, 0.1) is 0 Å². The van der Waals surface area contributed by atoms with E-state index in [-0.39, 0.29) is 24.9 Å². The Morgan fingerprint density at radius 3 is 2.37 bits per heavy atom. The van der Waals surface area contributed by atoms with Gasteiger partial charge in [-0.25, -0.2) is 0 Å². The second kappa shape index (κ2) is 6.78. The number of hydrogen-bond acceptors (Lipinski definition) is 2. The fourth-order valence-electron chi connectivity index (χ4n) is 1.63. The minimum Gasteiger partial charge on any atom is -0.480 e. The zero-order valence-corrected chi connectivity index (χ0v) is 12.2. The lowest BCUT2D eigenvalue weighted by molar-refractivity contribution is -0.145. The molecule has 0 aromatic heterocycles. The van der Waals surface area contributed by atoms with E-state index in [9.17, 15) is 9.59 Å². The van der Waals surface area contributed by atoms with Crippen LogP contribution in [0.1, 0.15) is 19.4 Å². The van der Waals surface area contributed by atoms with Crippen molar-refractivity contribution in [3.8, 4) is 0 Å². The van der Waals surface area contributed by atoms with E-state index in [2.05, 4.69) is 0 Å². The molecule has 19 heavy (non-hydrogen) atoms. The number of aliphatic carboxylic acids is 1. The molecule has 0 radical (unpaired) electrons. The van der Waals surface area contributed by atoms with Crippen molar-refractivity contribution >= 4 is 35.1 Å². The third kappa shape index (κ3) is 4.73. The second-order valence-electron chi connectivity index (χ2n) is 4.43. The minimum absolute atomic E-state index is 0.0996. The molecule has 0 atom stereocenters. The Morgan fingerprint density at radius 1 is 1.26 bits per heavy atom. The molecule has 0 spiro atoms. The molecule has 0 saturated heterocycles. The number of benzene rings is 1. The van der Waals surface area contributed by atoms with Crippen LogP contribution in [0.15, 0.2) is 18.2 Å². The van der Waals surface area contributed by atoms with Crippen LogP contribution in [-0.4, -0.2) is 34.5 Å². The van der Waals surface area contributed by atoms with Gasteiger partial charge in [-0.3, -0.25) is 9.59 Å². The molecule has 4 nitrogen and oxygen atoms in total. The lowest BCUT2D eigenvalue weighted by atomic mass is 10.1. The van der Waals surface area contributed by atoms with E-state index in [1.807, 2.05) is 0 Å². The van der Waals surface area contributed by atoms with Crippen LogP contribution in [0.4, 0.5) is 0 Å². The van der Waals surface area contributed by atoms with Crippen LogP contribution in [0.5, 0.6) is 0 Å². The quantitative estimate of drug-likeness (QED) is 0.910. The van der Waals surface area contributed by atoms with E-state index in [1.54, 1.807) is 32.0 Å². The van der Waals surface area contributed by atoms with Gasteiger partial charge in [0.05, 0.1) is 16.5 Å². The normalized spacial score (nSPS) is 10.6. The fourth-order valence-corrected chi connectivity index (χ4v) is 1.95. The van der Waals surface area contributed by atoms with Crippen molar-refractivity contribution in [1.29, 1.82) is 0 Å². The van der Waals surface area contributed by atoms with Gasteiger partial charge in [-0.15, -0.1) is 0 Å². The maximum atomic E-state index is 12.1. The summed E-state index contributed by atoms with van der Waals surface area (Å²) < 4.78 is 0. The van der Waals surface area contributed by atoms with Crippen LogP contribution in [-0.2, 0) is 16.0 Å². The van der Waals surface area contributed by atoms with Crippen LogP contribution in [0.25, 0.3) is 0 Å². The molecule has 0 saturated carbocycles. The molecule has 1 aromatic rings. The molecular weight excluding hydrogens is 289 g/mol. The Labute approximate surface area is 121 Å². The highest BCUT2D eigenvalue weighted by atomic mass is 35.5. The van der Waals surface area contributed by atoms with Gasteiger partial charge in [0.1, 0.15) is 6.54 Å². The maximum Gasteiger partial charge on any atom is 0.323 e. The van der Waals surface area contributed by atoms with E-state index in [0.29, 0.717) is 15.6 Å². The largest absolute Gasteiger partial charge is 0.480 e. The van der Waals surface area contributed by atoms with E-state index in [4.69, 9.17) is 28.3 Å². The van der Waals surface area contributed by atoms with Gasteiger partial charge in [0.15, 0.2) is 0 Å². The number of rotatable bonds is 5. The summed E-state index contributed by atoms with van der Waals surface area (Å²) in [5, 5.41) is 9.59. The first-order valence-electron chi connectivity index (χ1n) is 5.76. The number of carboxylic acid groups (broad SMARTS) is 1. The minimum atomic E-state index is -1.03. The Bertz CT molecular complexity index is 489. The summed E-state index contributed by atoms with van der Waals surface area (Å²) in [6.45, 7) is 3.24. The standard InChI is InChI=1S/C13H15Cl2NO3/c1-8(2)16(7-13(18)19)12(17)6-9-3-4-10(14)11(15)5-9/h3-5,8H,6-7H2,1-2H3,(H,18,19). The van der Waals surface area contributed by atoms with E-state index in [1.165, 1.54) is 4.90 Å². The van der Waals surface area contributed by atoms with E-state index < -0.39 is 5.97 Å². The Morgan fingerprint density at radius 2 is 1.89 bits per heavy atom. The molecule has 1 amide bonds. The predicted molar refractivity (Wildman–Crippen MR) is 74.7 cm³/mol. The first-order valence-corrected chi connectivity index (χ1v) is 6.52. The molecule has 0 aliphatic rings. The average Bonchev–Trinajstić information content (AvgIpc) is 2.30. The molecule has 0 unspecified atom stereocenters. The summed E-state index contributed by atoms with van der Waals surface area (Å²) in [6.07, 6.45) is 0.0996. The zero-order chi connectivity index (χ0) is 14.6. The third-order valence-corrected chi connectivity index (χ3v) is 3.33. The van der Waals surface area contributed by atoms with Crippen LogP contribution >= 0.6 is 23.2 Å². The number of carboxylic acids is 1. The molecule has 0 fully saturated rings. The van der Waals surface area contributed by atoms with Gasteiger partial charge in [0.2, 0.25) is 5.91 Å². The number of carbonyl (C=O) groups excluding carboxylic acids is 1. The first-order chi connectivity index (χ1) is 8.81. The summed E-state index contributed by atoms with van der Waals surface area (Å²) in [6, 6.07) is 4.75. The highest BCUT2D eigenvalue weighted by Crippen LogP contribution is 2.23. The summed E-state index contributed by atoms with van der Waals surface area (Å²) in [4.78, 5) is 24.1. The molecule has 104 valence electrons. The average molecular weight is 304 g/mol. The van der Waals surface area contributed by atoms with Crippen molar-refractivity contribution in [3.05, 3.63) is 33.8 Å². The fraction of sp³-hybridized carbons (Fsp3) is 0.385. The van der Waals surface area contributed by atoms with Crippen molar-refractivity contribution in [3.63, 3.8) is 0 Å². The number of halogens is 2. The molecule has 1 N–H and O–H groups in total. The summed E-state index contributed by atoms with van der Waals surface area (Å²) in [7, 11) is 0. The van der Waals surface area contributed by atoms with Crippen molar-refractivity contribution < 1.29 is 14.7 Å². The topological polar surface area (TPSA) is 57.6 Å². The van der Waals surface area contributed by atoms with Gasteiger partial charge in [-0.05, 0) is 31.5 Å². The highest BCUT2D eigenvalue weighted by Gasteiger charge is 2.20. The van der Waals surface area contributed by atoms with Crippen LogP contribution in [0.2, 0.25) is 10.0 Å². The Hall–Kier alpha value is -1.26. The number of carbonyl (C=O) groups is 2. The molecule has 1 aromatic carbocycles. The summed E-state index contributed by atoms with van der Waals surface area (Å²) in [5.74, 6) is -1.29. The Balaban J connectivity index is 2.81. The van der Waals surface area contributed by atoms with E-state index >= 15 is 0 Å². The second-order valence-corrected chi connectivity index (χ2v) is 5.25. The number of amides is 1. The first kappa shape index (κ1) is 15.8. The smallest absolute Gasteiger partial charge is 0.323 e. The zero-order valence-electron chi connectivity index (χ0n) is 10.7. The van der Waals surface area contributed by atoms with Crippen LogP contribution < -0.4 is 0 Å². The summed E-state index contributed by atoms with van der Waals surface area (Å²) >= 11 is 11.7. The van der Waals surface area contributed by atoms with Gasteiger partial charge >= 0.3 is 5.97 Å². The van der Waals surface area contributed by atoms with E-state index in [0.717, 1.165) is 0 Å². The van der Waals surface area contributed by atoms with Crippen molar-refractivity contribution in [2.24, 2.45) is 0 Å². The SMILES string of the molecule is CC(C)N(CC(=O)O)C(=O)Cc1ccc(Cl)c(Cl)c1. The number of hydrogen-bond donors (Lipinski definition) is 1. The molecule has 0 aliphatic heterocycles. The molecule has 1 rings (SSSR count). The van der Waals surface area contributed by atoms with Crippen molar-refractivity contribution in [2.45, 2.75) is 26.3 Å². The van der Waals surface area contributed by atoms with Crippen molar-refractivity contribution in [2.75, 3.05) is 6.54 Å². The number of nitrogens with zero attached hydrogens (tertiary/aromatic N) is 1. The van der Waals surface area contributed by atoms with Gasteiger partial charge in [0, 0.05) is 6.04 Å². The van der Waals surface area contributed by atoms with Crippen LogP contribution in [0.3, 0.4) is 0 Å². The lowest BCUT2D eigenvalue weighted by Gasteiger charge is -2.25. The van der Waals surface area contributed by atoms with Gasteiger partial charge in [0.25, 0.3) is 0 Å². The third-order valence-electron chi connectivity index (χ3n) is 2.59. The van der Waals surface area contributed by atoms with Gasteiger partial charge in [-0.2, -0.15) is 0 Å². The molecular formula is C13H15Cl2NO3. The lowest BCUT2D eigenvalue weighted by Crippen LogP contribution is -2.41. The summed E-state index contributed by atoms with van der Waals surface area (Å²) in [5.41, 5.74) is 0.704. The van der Waals surface area contributed by atoms with Crippen molar-refractivity contribution in [1.82, 2.24) is 4.90 Å². The predicted octanol–water partition coefficient (Wildman–Crippen LogP) is 2.86. The molecule has 0 aliphatic carbocycles. The van der Waals surface area contributed by atoms with Gasteiger partial charge in [-0.1, -0.05) is 29.3 Å².